The van der Waals surface area contributed by atoms with Crippen LogP contribution in [-0.4, -0.2) is 42.1 Å². The minimum atomic E-state index is -0.713. The third-order valence-corrected chi connectivity index (χ3v) is 6.02. The quantitative estimate of drug-likeness (QED) is 0.361. The predicted octanol–water partition coefficient (Wildman–Crippen LogP) is 5.07. The maximum absolute atomic E-state index is 14.7. The fraction of sp³-hybridized carbons (Fsp3) is 0.192. The van der Waals surface area contributed by atoms with Crippen molar-refractivity contribution in [2.24, 2.45) is 0 Å². The van der Waals surface area contributed by atoms with Crippen molar-refractivity contribution in [3.63, 3.8) is 0 Å². The fourth-order valence-corrected chi connectivity index (χ4v) is 4.11. The molecule has 1 fully saturated rings. The molecule has 34 heavy (non-hydrogen) atoms. The molecule has 5 rings (SSSR count). The lowest BCUT2D eigenvalue weighted by Gasteiger charge is -2.27. The zero-order chi connectivity index (χ0) is 23.5. The summed E-state index contributed by atoms with van der Waals surface area (Å²) in [5, 5.41) is -0.0609. The number of halogens is 2. The minimum absolute atomic E-state index is 0.0609. The molecule has 1 saturated heterocycles. The number of rotatable bonds is 6. The van der Waals surface area contributed by atoms with Gasteiger partial charge in [-0.15, -0.1) is 0 Å². The number of benzene rings is 3. The van der Waals surface area contributed by atoms with Crippen molar-refractivity contribution < 1.29 is 18.7 Å². The van der Waals surface area contributed by atoms with Crippen LogP contribution >= 0.6 is 11.6 Å². The van der Waals surface area contributed by atoms with Crippen molar-refractivity contribution >= 4 is 34.2 Å². The number of ether oxygens (including phenoxy) is 2. The maximum atomic E-state index is 14.7. The van der Waals surface area contributed by atoms with Gasteiger partial charge in [0.2, 0.25) is 0 Å². The number of ketones is 1. The number of fused-ring (bicyclic) bond motifs is 1. The van der Waals surface area contributed by atoms with Gasteiger partial charge in [0.1, 0.15) is 24.0 Å². The normalized spacial score (nSPS) is 13.8. The zero-order valence-electron chi connectivity index (χ0n) is 18.2. The molecule has 0 aliphatic carbocycles. The van der Waals surface area contributed by atoms with Gasteiger partial charge in [-0.05, 0) is 35.9 Å². The molecule has 2 heterocycles. The first-order chi connectivity index (χ1) is 16.6. The Hall–Kier alpha value is -3.55. The minimum Gasteiger partial charge on any atom is -0.487 e. The summed E-state index contributed by atoms with van der Waals surface area (Å²) in [4.78, 5) is 24.5. The Kier molecular flexibility index (Phi) is 6.38. The van der Waals surface area contributed by atoms with E-state index in [2.05, 4.69) is 14.9 Å². The second kappa shape index (κ2) is 9.75. The molecule has 0 atom stereocenters. The van der Waals surface area contributed by atoms with Gasteiger partial charge >= 0.3 is 0 Å². The molecule has 0 radical (unpaired) electrons. The van der Waals surface area contributed by atoms with Gasteiger partial charge in [0.05, 0.1) is 41.0 Å². The van der Waals surface area contributed by atoms with Crippen LogP contribution < -0.4 is 9.64 Å². The molecule has 1 aromatic heterocycles. The standard InChI is InChI=1S/C26H21ClFN3O3/c27-25-22(34-16-17-4-2-1-3-5-17)9-7-19(28)24(25)26(32)18-6-8-20-21(14-18)30-23(15-29-20)31-10-12-33-13-11-31/h1-9,14-15H,10-13,16H2. The van der Waals surface area contributed by atoms with E-state index in [0.29, 0.717) is 30.1 Å². The smallest absolute Gasteiger partial charge is 0.197 e. The molecule has 0 unspecified atom stereocenters. The molecule has 172 valence electrons. The van der Waals surface area contributed by atoms with Crippen LogP contribution in [0, 0.1) is 5.82 Å². The van der Waals surface area contributed by atoms with Crippen LogP contribution in [0.2, 0.25) is 5.02 Å². The Balaban J connectivity index is 1.44. The Morgan fingerprint density at radius 1 is 1.06 bits per heavy atom. The SMILES string of the molecule is O=C(c1ccc2ncc(N3CCOCC3)nc2c1)c1c(F)ccc(OCc2ccccc2)c1Cl. The highest BCUT2D eigenvalue weighted by Crippen LogP contribution is 2.33. The summed E-state index contributed by atoms with van der Waals surface area (Å²) < 4.78 is 25.9. The van der Waals surface area contributed by atoms with Crippen molar-refractivity contribution in [1.82, 2.24) is 9.97 Å². The first kappa shape index (κ1) is 22.3. The van der Waals surface area contributed by atoms with Gasteiger partial charge in [-0.25, -0.2) is 9.37 Å². The van der Waals surface area contributed by atoms with Crippen LogP contribution in [0.3, 0.4) is 0 Å². The fourth-order valence-electron chi connectivity index (χ4n) is 3.82. The van der Waals surface area contributed by atoms with Gasteiger partial charge in [0.25, 0.3) is 0 Å². The number of carbonyl (C=O) groups excluding carboxylic acids is 1. The number of aromatic nitrogens is 2. The monoisotopic (exact) mass is 477 g/mol. The van der Waals surface area contributed by atoms with Crippen molar-refractivity contribution in [1.29, 1.82) is 0 Å². The average molecular weight is 478 g/mol. The van der Waals surface area contributed by atoms with Crippen LogP contribution in [0.15, 0.2) is 66.9 Å². The second-order valence-corrected chi connectivity index (χ2v) is 8.25. The molecule has 0 bridgehead atoms. The summed E-state index contributed by atoms with van der Waals surface area (Å²) in [6.45, 7) is 2.93. The van der Waals surface area contributed by atoms with E-state index in [9.17, 15) is 9.18 Å². The van der Waals surface area contributed by atoms with E-state index in [1.165, 1.54) is 12.1 Å². The molecule has 0 N–H and O–H groups in total. The molecule has 0 spiro atoms. The molecular formula is C26H21ClFN3O3. The van der Waals surface area contributed by atoms with Crippen LogP contribution in [-0.2, 0) is 11.3 Å². The van der Waals surface area contributed by atoms with Crippen LogP contribution in [0.4, 0.5) is 10.2 Å². The number of carbonyl (C=O) groups is 1. The van der Waals surface area contributed by atoms with E-state index in [4.69, 9.17) is 21.1 Å². The largest absolute Gasteiger partial charge is 0.487 e. The van der Waals surface area contributed by atoms with E-state index in [1.807, 2.05) is 30.3 Å². The van der Waals surface area contributed by atoms with E-state index < -0.39 is 11.6 Å². The van der Waals surface area contributed by atoms with Gasteiger partial charge in [-0.2, -0.15) is 0 Å². The first-order valence-corrected chi connectivity index (χ1v) is 11.3. The lowest BCUT2D eigenvalue weighted by atomic mass is 10.0. The van der Waals surface area contributed by atoms with Crippen LogP contribution in [0.25, 0.3) is 11.0 Å². The van der Waals surface area contributed by atoms with E-state index in [0.717, 1.165) is 18.7 Å². The molecule has 3 aromatic carbocycles. The number of anilines is 1. The number of morpholine rings is 1. The van der Waals surface area contributed by atoms with Crippen molar-refractivity contribution in [3.8, 4) is 5.75 Å². The Morgan fingerprint density at radius 2 is 1.85 bits per heavy atom. The molecule has 4 aromatic rings. The molecule has 0 amide bonds. The van der Waals surface area contributed by atoms with Gasteiger partial charge < -0.3 is 14.4 Å². The van der Waals surface area contributed by atoms with Crippen molar-refractivity contribution in [2.75, 3.05) is 31.2 Å². The second-order valence-electron chi connectivity index (χ2n) is 7.87. The Morgan fingerprint density at radius 3 is 2.65 bits per heavy atom. The third-order valence-electron chi connectivity index (χ3n) is 5.65. The number of nitrogens with zero attached hydrogens (tertiary/aromatic N) is 3. The molecule has 1 aliphatic heterocycles. The Labute approximate surface area is 200 Å². The summed E-state index contributed by atoms with van der Waals surface area (Å²) in [6, 6.07) is 17.0. The van der Waals surface area contributed by atoms with Crippen LogP contribution in [0.5, 0.6) is 5.75 Å². The van der Waals surface area contributed by atoms with Crippen molar-refractivity contribution in [3.05, 3.63) is 94.4 Å². The lowest BCUT2D eigenvalue weighted by molar-refractivity contribution is 0.103. The number of hydrogen-bond donors (Lipinski definition) is 0. The summed E-state index contributed by atoms with van der Waals surface area (Å²) in [6.07, 6.45) is 1.71. The van der Waals surface area contributed by atoms with Gasteiger partial charge in [0, 0.05) is 18.7 Å². The highest BCUT2D eigenvalue weighted by Gasteiger charge is 2.22. The first-order valence-electron chi connectivity index (χ1n) is 10.9. The molecule has 6 nitrogen and oxygen atoms in total. The predicted molar refractivity (Wildman–Crippen MR) is 128 cm³/mol. The maximum Gasteiger partial charge on any atom is 0.197 e. The van der Waals surface area contributed by atoms with Gasteiger partial charge in [0.15, 0.2) is 5.78 Å². The summed E-state index contributed by atoms with van der Waals surface area (Å²) in [7, 11) is 0. The summed E-state index contributed by atoms with van der Waals surface area (Å²) in [5.41, 5.74) is 2.15. The topological polar surface area (TPSA) is 64.6 Å². The van der Waals surface area contributed by atoms with Crippen molar-refractivity contribution in [2.45, 2.75) is 6.61 Å². The zero-order valence-corrected chi connectivity index (χ0v) is 19.0. The highest BCUT2D eigenvalue weighted by molar-refractivity contribution is 6.36. The van der Waals surface area contributed by atoms with E-state index in [1.54, 1.807) is 24.4 Å². The van der Waals surface area contributed by atoms with Gasteiger partial charge in [-0.1, -0.05) is 41.9 Å². The summed E-state index contributed by atoms with van der Waals surface area (Å²) >= 11 is 6.44. The average Bonchev–Trinajstić information content (AvgIpc) is 2.88. The Bertz CT molecular complexity index is 1340. The molecule has 1 aliphatic rings. The van der Waals surface area contributed by atoms with Crippen LogP contribution in [0.1, 0.15) is 21.5 Å². The molecule has 8 heteroatoms. The lowest BCUT2D eigenvalue weighted by Crippen LogP contribution is -2.36. The third kappa shape index (κ3) is 4.58. The van der Waals surface area contributed by atoms with Gasteiger partial charge in [-0.3, -0.25) is 9.78 Å². The van der Waals surface area contributed by atoms with E-state index >= 15 is 0 Å². The molecular weight excluding hydrogens is 457 g/mol. The molecule has 0 saturated carbocycles. The number of hydrogen-bond acceptors (Lipinski definition) is 6. The van der Waals surface area contributed by atoms with E-state index in [-0.39, 0.29) is 28.5 Å². The summed E-state index contributed by atoms with van der Waals surface area (Å²) in [5.74, 6) is -0.310. The highest BCUT2D eigenvalue weighted by atomic mass is 35.5.